The second-order valence-corrected chi connectivity index (χ2v) is 10.2. The van der Waals surface area contributed by atoms with Crippen molar-refractivity contribution in [2.45, 2.75) is 57.3 Å². The van der Waals surface area contributed by atoms with E-state index in [0.717, 1.165) is 61.5 Å². The Kier molecular flexibility index (Phi) is 6.75. The van der Waals surface area contributed by atoms with E-state index in [1.54, 1.807) is 12.1 Å². The summed E-state index contributed by atoms with van der Waals surface area (Å²) < 4.78 is 15.8. The molecule has 5 N–H and O–H groups in total. The minimum Gasteiger partial charge on any atom is -0.508 e. The van der Waals surface area contributed by atoms with Crippen LogP contribution in [0.25, 0.3) is 5.57 Å². The van der Waals surface area contributed by atoms with Crippen molar-refractivity contribution in [3.63, 3.8) is 0 Å². The molecular weight excluding hydrogens is 433 g/mol. The quantitative estimate of drug-likeness (QED) is 0.428. The normalized spacial score (nSPS) is 30.4. The number of aryl methyl sites for hydroxylation is 1. The number of phenols is 1. The monoisotopic (exact) mass is 469 g/mol. The third kappa shape index (κ3) is 4.40. The summed E-state index contributed by atoms with van der Waals surface area (Å²) in [6.07, 6.45) is 5.54. The van der Waals surface area contributed by atoms with Crippen LogP contribution in [0.15, 0.2) is 30.5 Å². The van der Waals surface area contributed by atoms with Crippen LogP contribution in [-0.2, 0) is 6.42 Å². The van der Waals surface area contributed by atoms with Gasteiger partial charge < -0.3 is 15.2 Å². The number of hydrogen-bond acceptors (Lipinski definition) is 6. The number of rotatable bonds is 7. The molecule has 184 valence electrons. The lowest BCUT2D eigenvalue weighted by atomic mass is 9.71. The highest BCUT2D eigenvalue weighted by Crippen LogP contribution is 2.45. The number of aromatic amines is 1. The van der Waals surface area contributed by atoms with Crippen LogP contribution in [-0.4, -0.2) is 63.5 Å². The number of phenolic OH excluding ortho intramolecular Hbond substituents is 1. The lowest BCUT2D eigenvalue weighted by Gasteiger charge is -2.36. The molecule has 8 heteroatoms. The number of nitrogens with zero attached hydrogens (tertiary/aromatic N) is 2. The summed E-state index contributed by atoms with van der Waals surface area (Å²) in [5.41, 5.74) is 10.8. The van der Waals surface area contributed by atoms with Crippen LogP contribution in [0.1, 0.15) is 61.3 Å². The smallest absolute Gasteiger partial charge is 0.125 e. The summed E-state index contributed by atoms with van der Waals surface area (Å²) in [4.78, 5) is 10.5. The number of benzene rings is 1. The van der Waals surface area contributed by atoms with Gasteiger partial charge in [0.2, 0.25) is 0 Å². The molecule has 0 amide bonds. The molecular formula is C26H36FN5O2. The summed E-state index contributed by atoms with van der Waals surface area (Å²) in [5.74, 6) is 1.29. The molecule has 5 rings (SSSR count). The fourth-order valence-electron chi connectivity index (χ4n) is 6.01. The van der Waals surface area contributed by atoms with Crippen molar-refractivity contribution >= 4 is 5.57 Å². The standard InChI is InChI=1S/C26H36FN5O2/c1-3-16-10-18(34)4-5-19(16)20-6-7-21-24(23(20)27)30-31-25(21)26-28-11-22(29-26)17-8-9-32(13-17)12-15(2)14-33/h4-5,8,10-11,15,20-21,23-25,30-31,33-34H,3,6-7,9,12-14H2,1-2H3,(H,28,29)/t15-,20?,21?,23?,24?,25?/m0/s1. The van der Waals surface area contributed by atoms with Gasteiger partial charge in [-0.15, -0.1) is 0 Å². The Hall–Kier alpha value is -2.26. The van der Waals surface area contributed by atoms with Crippen LogP contribution in [0.4, 0.5) is 4.39 Å². The molecule has 2 aromatic rings. The maximum absolute atomic E-state index is 15.8. The van der Waals surface area contributed by atoms with Crippen molar-refractivity contribution < 1.29 is 14.6 Å². The van der Waals surface area contributed by atoms with Crippen LogP contribution in [0.3, 0.4) is 0 Å². The SMILES string of the molecule is CCc1cc(O)ccc1C1CCC2C(c3ncc(C4=CCN(C[C@H](C)CO)C4)[nH]3)NNC2C1F. The van der Waals surface area contributed by atoms with Crippen molar-refractivity contribution in [1.29, 1.82) is 0 Å². The Morgan fingerprint density at radius 1 is 1.26 bits per heavy atom. The highest BCUT2D eigenvalue weighted by atomic mass is 19.1. The van der Waals surface area contributed by atoms with Crippen molar-refractivity contribution in [3.05, 3.63) is 53.1 Å². The molecule has 1 aromatic heterocycles. The van der Waals surface area contributed by atoms with Gasteiger partial charge >= 0.3 is 0 Å². The van der Waals surface area contributed by atoms with Crippen molar-refractivity contribution in [3.8, 4) is 5.75 Å². The summed E-state index contributed by atoms with van der Waals surface area (Å²) in [6.45, 7) is 6.89. The second-order valence-electron chi connectivity index (χ2n) is 10.2. The fourth-order valence-corrected chi connectivity index (χ4v) is 6.01. The van der Waals surface area contributed by atoms with E-state index in [0.29, 0.717) is 0 Å². The zero-order valence-corrected chi connectivity index (χ0v) is 20.0. The van der Waals surface area contributed by atoms with E-state index in [9.17, 15) is 10.2 Å². The van der Waals surface area contributed by atoms with Crippen LogP contribution < -0.4 is 10.9 Å². The predicted octanol–water partition coefficient (Wildman–Crippen LogP) is 3.05. The molecule has 3 aliphatic rings. The zero-order valence-electron chi connectivity index (χ0n) is 20.0. The van der Waals surface area contributed by atoms with Crippen molar-refractivity contribution in [1.82, 2.24) is 25.7 Å². The van der Waals surface area contributed by atoms with Crippen LogP contribution in [0.5, 0.6) is 5.75 Å². The largest absolute Gasteiger partial charge is 0.508 e. The summed E-state index contributed by atoms with van der Waals surface area (Å²) in [7, 11) is 0. The molecule has 1 aliphatic carbocycles. The van der Waals surface area contributed by atoms with Gasteiger partial charge in [-0.2, -0.15) is 0 Å². The number of hydrazine groups is 1. The van der Waals surface area contributed by atoms with E-state index in [4.69, 9.17) is 0 Å². The molecule has 2 fully saturated rings. The van der Waals surface area contributed by atoms with Gasteiger partial charge in [0.15, 0.2) is 0 Å². The number of aromatic hydroxyl groups is 1. The van der Waals surface area contributed by atoms with Crippen molar-refractivity contribution in [2.24, 2.45) is 11.8 Å². The van der Waals surface area contributed by atoms with E-state index >= 15 is 4.39 Å². The van der Waals surface area contributed by atoms with Gasteiger partial charge in [-0.05, 0) is 54.0 Å². The van der Waals surface area contributed by atoms with Gasteiger partial charge in [-0.25, -0.2) is 14.8 Å². The minimum absolute atomic E-state index is 0.0593. The average molecular weight is 470 g/mol. The number of fused-ring (bicyclic) bond motifs is 1. The number of aliphatic hydroxyl groups is 1. The zero-order chi connectivity index (χ0) is 23.8. The minimum atomic E-state index is -1.01. The molecule has 1 saturated carbocycles. The first kappa shape index (κ1) is 23.5. The Balaban J connectivity index is 1.26. The van der Waals surface area contributed by atoms with Crippen LogP contribution in [0.2, 0.25) is 0 Å². The van der Waals surface area contributed by atoms with E-state index in [1.165, 1.54) is 5.57 Å². The first-order chi connectivity index (χ1) is 16.5. The molecule has 34 heavy (non-hydrogen) atoms. The lowest BCUT2D eigenvalue weighted by Crippen LogP contribution is -2.45. The molecule has 5 unspecified atom stereocenters. The number of hydrogen-bond donors (Lipinski definition) is 5. The first-order valence-corrected chi connectivity index (χ1v) is 12.5. The average Bonchev–Trinajstić information content (AvgIpc) is 3.58. The Morgan fingerprint density at radius 2 is 2.12 bits per heavy atom. The number of aliphatic hydroxyl groups excluding tert-OH is 1. The van der Waals surface area contributed by atoms with Crippen LogP contribution >= 0.6 is 0 Å². The van der Waals surface area contributed by atoms with Gasteiger partial charge in [0.25, 0.3) is 0 Å². The predicted molar refractivity (Wildman–Crippen MR) is 130 cm³/mol. The molecule has 7 nitrogen and oxygen atoms in total. The highest BCUT2D eigenvalue weighted by molar-refractivity contribution is 5.66. The molecule has 0 spiro atoms. The van der Waals surface area contributed by atoms with E-state index in [2.05, 4.69) is 38.7 Å². The van der Waals surface area contributed by atoms with Gasteiger partial charge in [-0.3, -0.25) is 10.3 Å². The second kappa shape index (κ2) is 9.77. The fraction of sp³-hybridized carbons (Fsp3) is 0.577. The maximum atomic E-state index is 15.8. The molecule has 6 atom stereocenters. The summed E-state index contributed by atoms with van der Waals surface area (Å²) in [5, 5.41) is 19.2. The van der Waals surface area contributed by atoms with Gasteiger partial charge in [0.1, 0.15) is 17.7 Å². The lowest BCUT2D eigenvalue weighted by molar-refractivity contribution is 0.135. The van der Waals surface area contributed by atoms with Crippen LogP contribution in [0, 0.1) is 11.8 Å². The van der Waals surface area contributed by atoms with Gasteiger partial charge in [0.05, 0.1) is 24.0 Å². The Morgan fingerprint density at radius 3 is 2.91 bits per heavy atom. The molecule has 0 radical (unpaired) electrons. The molecule has 2 aliphatic heterocycles. The van der Waals surface area contributed by atoms with Crippen molar-refractivity contribution in [2.75, 3.05) is 26.2 Å². The number of halogens is 1. The third-order valence-corrected chi connectivity index (χ3v) is 7.85. The van der Waals surface area contributed by atoms with Gasteiger partial charge in [-0.1, -0.05) is 26.0 Å². The topological polar surface area (TPSA) is 96.4 Å². The highest BCUT2D eigenvalue weighted by Gasteiger charge is 2.48. The molecule has 3 heterocycles. The summed E-state index contributed by atoms with van der Waals surface area (Å²) in [6, 6.07) is 4.99. The maximum Gasteiger partial charge on any atom is 0.125 e. The number of H-pyrrole nitrogens is 1. The Labute approximate surface area is 200 Å². The Bertz CT molecular complexity index is 1040. The number of nitrogens with one attached hydrogen (secondary N) is 3. The molecule has 1 aromatic carbocycles. The van der Waals surface area contributed by atoms with E-state index < -0.39 is 6.17 Å². The van der Waals surface area contributed by atoms with E-state index in [1.807, 2.05) is 19.2 Å². The van der Waals surface area contributed by atoms with Gasteiger partial charge in [0, 0.05) is 38.1 Å². The summed E-state index contributed by atoms with van der Waals surface area (Å²) >= 11 is 0. The number of aromatic nitrogens is 2. The molecule has 1 saturated heterocycles. The first-order valence-electron chi connectivity index (χ1n) is 12.5. The number of imidazole rings is 1. The van der Waals surface area contributed by atoms with E-state index in [-0.39, 0.29) is 42.2 Å². The molecule has 0 bridgehead atoms. The third-order valence-electron chi connectivity index (χ3n) is 7.85. The number of alkyl halides is 1.